The number of fused-ring (bicyclic) bond motifs is 7. The Hall–Kier alpha value is -0.420. The fourth-order valence-electron chi connectivity index (χ4n) is 9.61. The second kappa shape index (κ2) is 6.81. The fraction of sp³-hybridized carbons (Fsp3) is 0.926. The predicted octanol–water partition coefficient (Wildman–Crippen LogP) is 4.68. The van der Waals surface area contributed by atoms with Crippen LogP contribution in [0.5, 0.6) is 0 Å². The van der Waals surface area contributed by atoms with Gasteiger partial charge in [0.1, 0.15) is 0 Å². The van der Waals surface area contributed by atoms with E-state index in [1.807, 2.05) is 0 Å². The lowest BCUT2D eigenvalue weighted by molar-refractivity contribution is -0.273. The number of aliphatic hydroxyl groups excluding tert-OH is 2. The van der Waals surface area contributed by atoms with Gasteiger partial charge in [0.25, 0.3) is 0 Å². The number of hydrogen-bond donors (Lipinski definition) is 2. The van der Waals surface area contributed by atoms with Gasteiger partial charge < -0.3 is 19.7 Å². The Morgan fingerprint density at radius 3 is 2.58 bits per heavy atom. The van der Waals surface area contributed by atoms with Crippen LogP contribution in [0.4, 0.5) is 0 Å². The Bertz CT molecular complexity index is 769. The van der Waals surface area contributed by atoms with Gasteiger partial charge in [-0.1, -0.05) is 39.3 Å². The second-order valence-corrected chi connectivity index (χ2v) is 12.7. The first kappa shape index (κ1) is 21.1. The first-order valence-electron chi connectivity index (χ1n) is 13.1. The number of allylic oxidation sites excluding steroid dienone is 1. The molecule has 0 bridgehead atoms. The van der Waals surface area contributed by atoms with Gasteiger partial charge in [0.2, 0.25) is 0 Å². The van der Waals surface area contributed by atoms with Gasteiger partial charge in [0.05, 0.1) is 24.9 Å². The summed E-state index contributed by atoms with van der Waals surface area (Å²) < 4.78 is 13.2. The van der Waals surface area contributed by atoms with Gasteiger partial charge in [-0.05, 0) is 74.0 Å². The average molecular weight is 431 g/mol. The highest BCUT2D eigenvalue weighted by Crippen LogP contribution is 2.70. The van der Waals surface area contributed by atoms with E-state index in [-0.39, 0.29) is 29.1 Å². The molecule has 1 spiro atoms. The van der Waals surface area contributed by atoms with Gasteiger partial charge >= 0.3 is 0 Å². The van der Waals surface area contributed by atoms with Crippen molar-refractivity contribution < 1.29 is 19.7 Å². The van der Waals surface area contributed by atoms with E-state index < -0.39 is 5.79 Å². The van der Waals surface area contributed by atoms with Crippen molar-refractivity contribution in [1.29, 1.82) is 0 Å². The Morgan fingerprint density at radius 2 is 1.84 bits per heavy atom. The Morgan fingerprint density at radius 1 is 1.03 bits per heavy atom. The molecule has 4 heteroatoms. The second-order valence-electron chi connectivity index (χ2n) is 12.7. The van der Waals surface area contributed by atoms with Gasteiger partial charge in [0.15, 0.2) is 5.79 Å². The molecule has 2 saturated heterocycles. The summed E-state index contributed by atoms with van der Waals surface area (Å²) in [5.74, 6) is 2.58. The molecule has 2 N–H and O–H groups in total. The van der Waals surface area contributed by atoms with Crippen molar-refractivity contribution in [3.8, 4) is 0 Å². The number of rotatable bonds is 0. The van der Waals surface area contributed by atoms with Crippen LogP contribution in [-0.4, -0.2) is 40.9 Å². The largest absolute Gasteiger partial charge is 0.393 e. The molecule has 0 aromatic heterocycles. The van der Waals surface area contributed by atoms with Crippen LogP contribution in [0.1, 0.15) is 79.1 Å². The summed E-state index contributed by atoms with van der Waals surface area (Å²) in [6.07, 6.45) is 10.3. The van der Waals surface area contributed by atoms with Gasteiger partial charge in [0, 0.05) is 23.7 Å². The zero-order valence-electron chi connectivity index (χ0n) is 19.8. The monoisotopic (exact) mass is 430 g/mol. The maximum Gasteiger partial charge on any atom is 0.171 e. The van der Waals surface area contributed by atoms with Crippen LogP contribution >= 0.6 is 0 Å². The highest BCUT2D eigenvalue weighted by Gasteiger charge is 2.71. The van der Waals surface area contributed by atoms with Gasteiger partial charge in [-0.2, -0.15) is 0 Å². The van der Waals surface area contributed by atoms with Crippen molar-refractivity contribution >= 4 is 0 Å². The third kappa shape index (κ3) is 2.68. The molecule has 12 atom stereocenters. The SMILES string of the molecule is C[C@@H]1CC[C@@]2(OC1)O[C@H]1C[C@H]3[C@@H]4CC=C5C[C@@H](O)CC[C@]5(C)[C@H]4C[C@@H](O)[C@]3(C)[C@H]1[C@@H]2C. The topological polar surface area (TPSA) is 58.9 Å². The molecule has 6 rings (SSSR count). The summed E-state index contributed by atoms with van der Waals surface area (Å²) >= 11 is 0. The van der Waals surface area contributed by atoms with E-state index in [1.54, 1.807) is 0 Å². The highest BCUT2D eigenvalue weighted by molar-refractivity contribution is 5.27. The summed E-state index contributed by atoms with van der Waals surface area (Å²) in [6, 6.07) is 0. The minimum absolute atomic E-state index is 0.0863. The summed E-state index contributed by atoms with van der Waals surface area (Å²) in [5, 5.41) is 22.0. The van der Waals surface area contributed by atoms with Crippen LogP contribution in [0.25, 0.3) is 0 Å². The van der Waals surface area contributed by atoms with Crippen molar-refractivity contribution in [2.24, 2.45) is 46.3 Å². The van der Waals surface area contributed by atoms with Crippen LogP contribution in [-0.2, 0) is 9.47 Å². The minimum Gasteiger partial charge on any atom is -0.393 e. The molecule has 2 aliphatic heterocycles. The summed E-state index contributed by atoms with van der Waals surface area (Å²) in [7, 11) is 0. The van der Waals surface area contributed by atoms with Crippen molar-refractivity contribution in [2.75, 3.05) is 6.61 Å². The Kier molecular flexibility index (Phi) is 4.64. The lowest BCUT2D eigenvalue weighted by atomic mass is 9.46. The van der Waals surface area contributed by atoms with E-state index in [4.69, 9.17) is 9.47 Å². The Labute approximate surface area is 187 Å². The van der Waals surface area contributed by atoms with E-state index in [0.717, 1.165) is 51.6 Å². The van der Waals surface area contributed by atoms with E-state index in [9.17, 15) is 10.2 Å². The fourth-order valence-corrected chi connectivity index (χ4v) is 9.61. The average Bonchev–Trinajstić information content (AvgIpc) is 3.18. The Balaban J connectivity index is 1.32. The molecule has 4 nitrogen and oxygen atoms in total. The molecule has 0 radical (unpaired) electrons. The van der Waals surface area contributed by atoms with Gasteiger partial charge in [-0.3, -0.25) is 0 Å². The first-order chi connectivity index (χ1) is 14.7. The molecule has 2 heterocycles. The standard InChI is InChI=1S/C27H42O4/c1-15-7-10-27(30-14-15)16(2)24-22(31-27)12-21-19-6-5-17-11-18(28)8-9-25(17,3)20(19)13-23(29)26(21,24)4/h5,15-16,18-24,28-29H,6-14H2,1-4H3/t15-,16+,18+,19-,20+,21+,22+,23-,24+,25+,26-,27-/m1/s1. The zero-order chi connectivity index (χ0) is 21.8. The van der Waals surface area contributed by atoms with Crippen molar-refractivity contribution in [3.63, 3.8) is 0 Å². The molecular weight excluding hydrogens is 388 g/mol. The molecule has 0 aromatic carbocycles. The zero-order valence-corrected chi connectivity index (χ0v) is 19.8. The van der Waals surface area contributed by atoms with Crippen molar-refractivity contribution in [2.45, 2.75) is 103 Å². The van der Waals surface area contributed by atoms with E-state index >= 15 is 0 Å². The van der Waals surface area contributed by atoms with Crippen LogP contribution in [0.2, 0.25) is 0 Å². The number of hydrogen-bond acceptors (Lipinski definition) is 4. The van der Waals surface area contributed by atoms with Crippen molar-refractivity contribution in [3.05, 3.63) is 11.6 Å². The first-order valence-corrected chi connectivity index (χ1v) is 13.1. The molecule has 5 fully saturated rings. The van der Waals surface area contributed by atoms with E-state index in [0.29, 0.717) is 35.5 Å². The molecule has 6 aliphatic rings. The highest BCUT2D eigenvalue weighted by atomic mass is 16.7. The number of ether oxygens (including phenoxy) is 2. The molecule has 0 amide bonds. The van der Waals surface area contributed by atoms with E-state index in [2.05, 4.69) is 33.8 Å². The van der Waals surface area contributed by atoms with Gasteiger partial charge in [-0.15, -0.1) is 0 Å². The molecule has 31 heavy (non-hydrogen) atoms. The third-order valence-corrected chi connectivity index (χ3v) is 11.5. The van der Waals surface area contributed by atoms with Crippen LogP contribution in [0.15, 0.2) is 11.6 Å². The molecule has 0 aromatic rings. The lowest BCUT2D eigenvalue weighted by Crippen LogP contribution is -2.57. The molecule has 174 valence electrons. The molecule has 0 unspecified atom stereocenters. The smallest absolute Gasteiger partial charge is 0.171 e. The summed E-state index contributed by atoms with van der Waals surface area (Å²) in [5.41, 5.74) is 1.53. The maximum absolute atomic E-state index is 11.8. The maximum atomic E-state index is 11.8. The van der Waals surface area contributed by atoms with Gasteiger partial charge in [-0.25, -0.2) is 0 Å². The normalized spacial score (nSPS) is 60.7. The number of aliphatic hydroxyl groups is 2. The molecular formula is C27H42O4. The summed E-state index contributed by atoms with van der Waals surface area (Å²) in [6.45, 7) is 10.2. The van der Waals surface area contributed by atoms with Crippen LogP contribution < -0.4 is 0 Å². The van der Waals surface area contributed by atoms with E-state index in [1.165, 1.54) is 12.0 Å². The van der Waals surface area contributed by atoms with Crippen molar-refractivity contribution in [1.82, 2.24) is 0 Å². The summed E-state index contributed by atoms with van der Waals surface area (Å²) in [4.78, 5) is 0. The molecule has 4 aliphatic carbocycles. The van der Waals surface area contributed by atoms with Crippen LogP contribution in [0.3, 0.4) is 0 Å². The molecule has 3 saturated carbocycles. The third-order valence-electron chi connectivity index (χ3n) is 11.5. The van der Waals surface area contributed by atoms with Crippen LogP contribution in [0, 0.1) is 46.3 Å². The predicted molar refractivity (Wildman–Crippen MR) is 119 cm³/mol. The lowest BCUT2D eigenvalue weighted by Gasteiger charge is -2.60. The quantitative estimate of drug-likeness (QED) is 0.548. The minimum atomic E-state index is -0.419.